The summed E-state index contributed by atoms with van der Waals surface area (Å²) < 4.78 is 19.0. The minimum Gasteiger partial charge on any atom is -0.490 e. The molecule has 1 unspecified atom stereocenters. The van der Waals surface area contributed by atoms with Gasteiger partial charge in [0, 0.05) is 5.70 Å². The van der Waals surface area contributed by atoms with Crippen LogP contribution in [-0.2, 0) is 16.1 Å². The zero-order valence-electron chi connectivity index (χ0n) is 19.9. The predicted molar refractivity (Wildman–Crippen MR) is 127 cm³/mol. The number of ether oxygens (including phenoxy) is 3. The van der Waals surface area contributed by atoms with Gasteiger partial charge in [-0.25, -0.2) is 4.79 Å². The van der Waals surface area contributed by atoms with Crippen LogP contribution >= 0.6 is 0 Å². The Balaban J connectivity index is 1.68. The number of hydrogen-bond donors (Lipinski definition) is 1. The molecule has 0 saturated heterocycles. The van der Waals surface area contributed by atoms with E-state index in [9.17, 15) is 4.79 Å². The highest BCUT2D eigenvalue weighted by atomic mass is 16.5. The number of rotatable bonds is 9. The second-order valence-corrected chi connectivity index (χ2v) is 8.06. The zero-order chi connectivity index (χ0) is 24.1. The Hall–Kier alpha value is -3.88. The van der Waals surface area contributed by atoms with Crippen molar-refractivity contribution >= 4 is 11.9 Å². The molecule has 0 radical (unpaired) electrons. The average molecular weight is 464 g/mol. The van der Waals surface area contributed by atoms with E-state index in [0.717, 1.165) is 17.5 Å². The standard InChI is InChI=1S/C25H29N5O4/c1-5-13-33-24(31)22-17(4)26-25-27-28-29-30(25)23(22)19-11-12-20(21(14-19)32-6-2)34-15-18-9-7-16(3)8-10-18/h7-12,14,23H,5-6,13,15H2,1-4H3,(H,26,27,29). The number of aryl methyl sites for hydroxylation is 1. The van der Waals surface area contributed by atoms with Gasteiger partial charge in [-0.2, -0.15) is 4.68 Å². The summed E-state index contributed by atoms with van der Waals surface area (Å²) in [7, 11) is 0. The van der Waals surface area contributed by atoms with E-state index in [-0.39, 0.29) is 0 Å². The molecule has 9 nitrogen and oxygen atoms in total. The van der Waals surface area contributed by atoms with E-state index in [0.29, 0.717) is 48.5 Å². The summed E-state index contributed by atoms with van der Waals surface area (Å²) in [4.78, 5) is 13.0. The lowest BCUT2D eigenvalue weighted by molar-refractivity contribution is -0.139. The molecule has 0 bridgehead atoms. The van der Waals surface area contributed by atoms with E-state index in [1.165, 1.54) is 5.56 Å². The van der Waals surface area contributed by atoms with Gasteiger partial charge in [-0.05, 0) is 60.9 Å². The number of benzene rings is 2. The number of nitrogens with zero attached hydrogens (tertiary/aromatic N) is 4. The van der Waals surface area contributed by atoms with Crippen molar-refractivity contribution in [2.24, 2.45) is 0 Å². The summed E-state index contributed by atoms with van der Waals surface area (Å²) in [6.07, 6.45) is 0.730. The minimum absolute atomic E-state index is 0.334. The Kier molecular flexibility index (Phi) is 7.10. The Morgan fingerprint density at radius 2 is 1.85 bits per heavy atom. The molecule has 0 spiro atoms. The second kappa shape index (κ2) is 10.4. The third-order valence-corrected chi connectivity index (χ3v) is 5.47. The molecule has 9 heteroatoms. The quantitative estimate of drug-likeness (QED) is 0.471. The van der Waals surface area contributed by atoms with Crippen molar-refractivity contribution in [2.45, 2.75) is 46.8 Å². The summed E-state index contributed by atoms with van der Waals surface area (Å²) in [5, 5.41) is 15.0. The van der Waals surface area contributed by atoms with Gasteiger partial charge in [-0.3, -0.25) is 0 Å². The Bertz CT molecular complexity index is 1190. The second-order valence-electron chi connectivity index (χ2n) is 8.06. The summed E-state index contributed by atoms with van der Waals surface area (Å²) in [6, 6.07) is 13.2. The molecule has 4 rings (SSSR count). The van der Waals surface area contributed by atoms with Crippen LogP contribution in [0.25, 0.3) is 0 Å². The first-order valence-corrected chi connectivity index (χ1v) is 11.4. The van der Waals surface area contributed by atoms with Gasteiger partial charge in [0.15, 0.2) is 11.5 Å². The van der Waals surface area contributed by atoms with E-state index < -0.39 is 12.0 Å². The number of fused-ring (bicyclic) bond motifs is 1. The lowest BCUT2D eigenvalue weighted by Gasteiger charge is -2.28. The number of carbonyl (C=O) groups excluding carboxylic acids is 1. The van der Waals surface area contributed by atoms with Crippen molar-refractivity contribution in [3.8, 4) is 11.5 Å². The van der Waals surface area contributed by atoms with Crippen LogP contribution in [0.1, 0.15) is 49.9 Å². The van der Waals surface area contributed by atoms with Gasteiger partial charge in [0.1, 0.15) is 12.6 Å². The van der Waals surface area contributed by atoms with Crippen LogP contribution in [0.4, 0.5) is 5.95 Å². The first kappa shape index (κ1) is 23.3. The maximum atomic E-state index is 13.0. The molecular formula is C25H29N5O4. The first-order valence-electron chi connectivity index (χ1n) is 11.4. The normalized spacial score (nSPS) is 14.9. The molecule has 0 aliphatic carbocycles. The van der Waals surface area contributed by atoms with Crippen molar-refractivity contribution in [3.05, 3.63) is 70.4 Å². The topological polar surface area (TPSA) is 100 Å². The molecule has 1 aliphatic heterocycles. The van der Waals surface area contributed by atoms with E-state index in [1.54, 1.807) is 4.68 Å². The highest BCUT2D eigenvalue weighted by Gasteiger charge is 2.35. The van der Waals surface area contributed by atoms with Crippen molar-refractivity contribution < 1.29 is 19.0 Å². The lowest BCUT2D eigenvalue weighted by atomic mass is 9.95. The Morgan fingerprint density at radius 1 is 1.06 bits per heavy atom. The summed E-state index contributed by atoms with van der Waals surface area (Å²) in [5.41, 5.74) is 4.14. The number of allylic oxidation sites excluding steroid dienone is 1. The van der Waals surface area contributed by atoms with Crippen LogP contribution in [-0.4, -0.2) is 39.4 Å². The molecule has 0 amide bonds. The first-order chi connectivity index (χ1) is 16.5. The van der Waals surface area contributed by atoms with E-state index in [4.69, 9.17) is 14.2 Å². The molecule has 3 aromatic rings. The molecule has 178 valence electrons. The number of esters is 1. The SMILES string of the molecule is CCCOC(=O)C1=C(C)Nc2nnnn2C1c1ccc(OCc2ccc(C)cc2)c(OCC)c1. The fourth-order valence-corrected chi connectivity index (χ4v) is 3.79. The van der Waals surface area contributed by atoms with Crippen LogP contribution in [0.2, 0.25) is 0 Å². The van der Waals surface area contributed by atoms with Gasteiger partial charge < -0.3 is 19.5 Å². The summed E-state index contributed by atoms with van der Waals surface area (Å²) in [6.45, 7) is 8.95. The smallest absolute Gasteiger partial charge is 0.338 e. The van der Waals surface area contributed by atoms with Crippen LogP contribution in [0, 0.1) is 6.92 Å². The van der Waals surface area contributed by atoms with Crippen molar-refractivity contribution in [2.75, 3.05) is 18.5 Å². The molecule has 1 aliphatic rings. The Labute approximate surface area is 198 Å². The van der Waals surface area contributed by atoms with Crippen molar-refractivity contribution in [1.82, 2.24) is 20.2 Å². The molecule has 2 heterocycles. The molecule has 0 saturated carbocycles. The number of carbonyl (C=O) groups is 1. The maximum absolute atomic E-state index is 13.0. The van der Waals surface area contributed by atoms with E-state index >= 15 is 0 Å². The van der Waals surface area contributed by atoms with Crippen LogP contribution in [0.5, 0.6) is 11.5 Å². The Morgan fingerprint density at radius 3 is 2.59 bits per heavy atom. The summed E-state index contributed by atoms with van der Waals surface area (Å²) in [5.74, 6) is 1.25. The number of hydrogen-bond acceptors (Lipinski definition) is 8. The van der Waals surface area contributed by atoms with E-state index in [2.05, 4.69) is 39.9 Å². The average Bonchev–Trinajstić information content (AvgIpc) is 3.30. The maximum Gasteiger partial charge on any atom is 0.338 e. The third-order valence-electron chi connectivity index (χ3n) is 5.47. The largest absolute Gasteiger partial charge is 0.490 e. The molecule has 34 heavy (non-hydrogen) atoms. The third kappa shape index (κ3) is 4.88. The van der Waals surface area contributed by atoms with Gasteiger partial charge in [-0.1, -0.05) is 47.9 Å². The zero-order valence-corrected chi connectivity index (χ0v) is 19.9. The van der Waals surface area contributed by atoms with Gasteiger partial charge in [0.2, 0.25) is 5.95 Å². The number of tetrazole rings is 1. The number of nitrogens with one attached hydrogen (secondary N) is 1. The fraction of sp³-hybridized carbons (Fsp3) is 0.360. The van der Waals surface area contributed by atoms with Crippen LogP contribution < -0.4 is 14.8 Å². The van der Waals surface area contributed by atoms with Gasteiger partial charge in [0.25, 0.3) is 0 Å². The van der Waals surface area contributed by atoms with Crippen LogP contribution in [0.3, 0.4) is 0 Å². The molecule has 2 aromatic carbocycles. The van der Waals surface area contributed by atoms with Crippen LogP contribution in [0.15, 0.2) is 53.7 Å². The van der Waals surface area contributed by atoms with Gasteiger partial charge in [-0.15, -0.1) is 0 Å². The number of anilines is 1. The minimum atomic E-state index is -0.569. The van der Waals surface area contributed by atoms with Gasteiger partial charge >= 0.3 is 5.97 Å². The van der Waals surface area contributed by atoms with Crippen molar-refractivity contribution in [1.29, 1.82) is 0 Å². The van der Waals surface area contributed by atoms with E-state index in [1.807, 2.05) is 51.1 Å². The number of aromatic nitrogens is 4. The van der Waals surface area contributed by atoms with Crippen molar-refractivity contribution in [3.63, 3.8) is 0 Å². The highest BCUT2D eigenvalue weighted by molar-refractivity contribution is 5.92. The molecular weight excluding hydrogens is 434 g/mol. The predicted octanol–water partition coefficient (Wildman–Crippen LogP) is 4.20. The molecule has 1 atom stereocenters. The molecule has 0 fully saturated rings. The lowest BCUT2D eigenvalue weighted by Crippen LogP contribution is -2.29. The fourth-order valence-electron chi connectivity index (χ4n) is 3.79. The molecule has 1 N–H and O–H groups in total. The highest BCUT2D eigenvalue weighted by Crippen LogP contribution is 2.39. The molecule has 1 aromatic heterocycles. The van der Waals surface area contributed by atoms with Gasteiger partial charge in [0.05, 0.1) is 18.8 Å². The monoisotopic (exact) mass is 463 g/mol. The summed E-state index contributed by atoms with van der Waals surface area (Å²) >= 11 is 0.